The highest BCUT2D eigenvalue weighted by Gasteiger charge is 2.43. The van der Waals surface area contributed by atoms with Gasteiger partial charge in [-0.25, -0.2) is 4.39 Å². The van der Waals surface area contributed by atoms with Crippen molar-refractivity contribution >= 4 is 5.97 Å². The summed E-state index contributed by atoms with van der Waals surface area (Å²) in [6.45, 7) is 0.380. The molecule has 1 fully saturated rings. The van der Waals surface area contributed by atoms with E-state index >= 15 is 0 Å². The van der Waals surface area contributed by atoms with Gasteiger partial charge in [0.05, 0.1) is 12.5 Å². The van der Waals surface area contributed by atoms with Crippen molar-refractivity contribution in [3.63, 3.8) is 0 Å². The number of hydrogen-bond acceptors (Lipinski definition) is 3. The number of carboxylic acid groups (broad SMARTS) is 1. The number of aliphatic carboxylic acids is 1. The summed E-state index contributed by atoms with van der Waals surface area (Å²) < 4.78 is 25.8. The Kier molecular flexibility index (Phi) is 4.98. The van der Waals surface area contributed by atoms with Crippen LogP contribution in [0.25, 0.3) is 11.1 Å². The lowest BCUT2D eigenvalue weighted by molar-refractivity contribution is -0.138. The van der Waals surface area contributed by atoms with Gasteiger partial charge in [-0.05, 0) is 54.4 Å². The number of carbonyl (C=O) groups is 1. The lowest BCUT2D eigenvalue weighted by atomic mass is 10.0. The van der Waals surface area contributed by atoms with E-state index in [-0.39, 0.29) is 17.7 Å². The van der Waals surface area contributed by atoms with E-state index in [2.05, 4.69) is 0 Å². The molecule has 1 aliphatic carbocycles. The van der Waals surface area contributed by atoms with E-state index in [9.17, 15) is 9.18 Å². The number of para-hydroxylation sites is 1. The Bertz CT molecular complexity index is 970. The molecule has 0 saturated heterocycles. The van der Waals surface area contributed by atoms with Crippen LogP contribution in [0.5, 0.6) is 17.2 Å². The minimum atomic E-state index is -0.767. The van der Waals surface area contributed by atoms with Crippen LogP contribution in [0.2, 0.25) is 0 Å². The van der Waals surface area contributed by atoms with Gasteiger partial charge in [0.2, 0.25) is 0 Å². The molecule has 5 heteroatoms. The van der Waals surface area contributed by atoms with Crippen molar-refractivity contribution in [1.29, 1.82) is 0 Å². The largest absolute Gasteiger partial charge is 0.493 e. The summed E-state index contributed by atoms with van der Waals surface area (Å²) >= 11 is 0. The topological polar surface area (TPSA) is 55.8 Å². The number of ether oxygens (including phenoxy) is 2. The quantitative estimate of drug-likeness (QED) is 0.599. The SMILES string of the molecule is O=C(O)C1CC1COc1ccc(-c2cc(Oc3ccccc3)ccc2F)cc1. The zero-order valence-corrected chi connectivity index (χ0v) is 15.0. The second-order valence-corrected chi connectivity index (χ2v) is 6.83. The lowest BCUT2D eigenvalue weighted by Gasteiger charge is -2.10. The van der Waals surface area contributed by atoms with E-state index in [0.717, 1.165) is 0 Å². The van der Waals surface area contributed by atoms with Crippen LogP contribution in [0, 0.1) is 17.7 Å². The minimum absolute atomic E-state index is 0.0708. The average molecular weight is 378 g/mol. The summed E-state index contributed by atoms with van der Waals surface area (Å²) in [5.41, 5.74) is 1.14. The number of hydrogen-bond donors (Lipinski definition) is 1. The summed E-state index contributed by atoms with van der Waals surface area (Å²) in [6, 6.07) is 21.1. The highest BCUT2D eigenvalue weighted by atomic mass is 19.1. The summed E-state index contributed by atoms with van der Waals surface area (Å²) in [4.78, 5) is 10.9. The Morgan fingerprint density at radius 2 is 1.68 bits per heavy atom. The van der Waals surface area contributed by atoms with Gasteiger partial charge in [0.15, 0.2) is 0 Å². The Morgan fingerprint density at radius 3 is 2.36 bits per heavy atom. The van der Waals surface area contributed by atoms with Crippen LogP contribution < -0.4 is 9.47 Å². The maximum atomic E-state index is 14.3. The van der Waals surface area contributed by atoms with Crippen molar-refractivity contribution in [1.82, 2.24) is 0 Å². The third-order valence-electron chi connectivity index (χ3n) is 4.79. The smallest absolute Gasteiger partial charge is 0.306 e. The number of carboxylic acids is 1. The second-order valence-electron chi connectivity index (χ2n) is 6.83. The molecule has 1 N–H and O–H groups in total. The number of halogens is 1. The van der Waals surface area contributed by atoms with Gasteiger partial charge in [-0.15, -0.1) is 0 Å². The van der Waals surface area contributed by atoms with Gasteiger partial charge >= 0.3 is 5.97 Å². The maximum absolute atomic E-state index is 14.3. The van der Waals surface area contributed by atoms with E-state index in [1.165, 1.54) is 6.07 Å². The summed E-state index contributed by atoms with van der Waals surface area (Å²) in [5.74, 6) is 0.548. The summed E-state index contributed by atoms with van der Waals surface area (Å²) in [5, 5.41) is 8.92. The van der Waals surface area contributed by atoms with Crippen LogP contribution in [0.1, 0.15) is 6.42 Å². The molecule has 0 bridgehead atoms. The average Bonchev–Trinajstić information content (AvgIpc) is 3.49. The first-order chi connectivity index (χ1) is 13.6. The van der Waals surface area contributed by atoms with Gasteiger partial charge in [-0.3, -0.25) is 4.79 Å². The molecule has 0 aliphatic heterocycles. The number of benzene rings is 3. The molecule has 28 heavy (non-hydrogen) atoms. The molecule has 0 amide bonds. The minimum Gasteiger partial charge on any atom is -0.493 e. The molecule has 0 radical (unpaired) electrons. The molecule has 3 aromatic carbocycles. The van der Waals surface area contributed by atoms with Gasteiger partial charge in [0, 0.05) is 11.5 Å². The van der Waals surface area contributed by atoms with Crippen LogP contribution >= 0.6 is 0 Å². The third-order valence-corrected chi connectivity index (χ3v) is 4.79. The van der Waals surface area contributed by atoms with E-state index in [1.807, 2.05) is 30.3 Å². The van der Waals surface area contributed by atoms with Crippen LogP contribution in [-0.2, 0) is 4.79 Å². The van der Waals surface area contributed by atoms with E-state index in [0.29, 0.717) is 41.4 Å². The fraction of sp³-hybridized carbons (Fsp3) is 0.174. The summed E-state index contributed by atoms with van der Waals surface area (Å²) in [7, 11) is 0. The van der Waals surface area contributed by atoms with Crippen molar-refractivity contribution in [2.45, 2.75) is 6.42 Å². The number of rotatable bonds is 7. The van der Waals surface area contributed by atoms with E-state index in [1.54, 1.807) is 36.4 Å². The predicted molar refractivity (Wildman–Crippen MR) is 103 cm³/mol. The zero-order valence-electron chi connectivity index (χ0n) is 15.0. The molecule has 142 valence electrons. The van der Waals surface area contributed by atoms with Gasteiger partial charge in [0.25, 0.3) is 0 Å². The molecule has 3 aromatic rings. The highest BCUT2D eigenvalue weighted by molar-refractivity contribution is 5.73. The van der Waals surface area contributed by atoms with Gasteiger partial charge in [0.1, 0.15) is 23.1 Å². The Hall–Kier alpha value is -3.34. The highest BCUT2D eigenvalue weighted by Crippen LogP contribution is 2.39. The van der Waals surface area contributed by atoms with Crippen LogP contribution in [0.4, 0.5) is 4.39 Å². The van der Waals surface area contributed by atoms with Crippen molar-refractivity contribution in [2.24, 2.45) is 11.8 Å². The van der Waals surface area contributed by atoms with Gasteiger partial charge in [-0.2, -0.15) is 0 Å². The first kappa shape index (κ1) is 18.0. The molecule has 1 saturated carbocycles. The maximum Gasteiger partial charge on any atom is 0.306 e. The molecule has 1 aliphatic rings. The first-order valence-corrected chi connectivity index (χ1v) is 9.08. The van der Waals surface area contributed by atoms with E-state index in [4.69, 9.17) is 14.6 Å². The van der Waals surface area contributed by atoms with Crippen LogP contribution in [0.15, 0.2) is 72.8 Å². The third kappa shape index (κ3) is 4.14. The molecule has 4 nitrogen and oxygen atoms in total. The van der Waals surface area contributed by atoms with Gasteiger partial charge < -0.3 is 14.6 Å². The molecule has 2 unspecified atom stereocenters. The van der Waals surface area contributed by atoms with E-state index < -0.39 is 5.97 Å². The van der Waals surface area contributed by atoms with Gasteiger partial charge in [-0.1, -0.05) is 30.3 Å². The van der Waals surface area contributed by atoms with Crippen molar-refractivity contribution in [3.8, 4) is 28.4 Å². The zero-order chi connectivity index (χ0) is 19.5. The van der Waals surface area contributed by atoms with Crippen LogP contribution in [-0.4, -0.2) is 17.7 Å². The molecule has 0 aromatic heterocycles. The Labute approximate surface area is 162 Å². The molecule has 4 rings (SSSR count). The second kappa shape index (κ2) is 7.72. The molecule has 0 spiro atoms. The Morgan fingerprint density at radius 1 is 0.964 bits per heavy atom. The van der Waals surface area contributed by atoms with Crippen molar-refractivity contribution in [3.05, 3.63) is 78.6 Å². The fourth-order valence-corrected chi connectivity index (χ4v) is 3.08. The Balaban J connectivity index is 1.45. The molecular weight excluding hydrogens is 359 g/mol. The van der Waals surface area contributed by atoms with Crippen LogP contribution in [0.3, 0.4) is 0 Å². The standard InChI is InChI=1S/C23H19FO4/c24-22-11-10-19(28-18-4-2-1-3-5-18)13-20(22)15-6-8-17(9-7-15)27-14-16-12-21(16)23(25)26/h1-11,13,16,21H,12,14H2,(H,25,26). The normalized spacial score (nSPS) is 17.8. The predicted octanol–water partition coefficient (Wildman–Crippen LogP) is 5.38. The first-order valence-electron chi connectivity index (χ1n) is 9.08. The summed E-state index contributed by atoms with van der Waals surface area (Å²) in [6.07, 6.45) is 0.660. The molecular formula is C23H19FO4. The monoisotopic (exact) mass is 378 g/mol. The lowest BCUT2D eigenvalue weighted by Crippen LogP contribution is -2.06. The molecule has 0 heterocycles. The molecule has 2 atom stereocenters. The van der Waals surface area contributed by atoms with Crippen molar-refractivity contribution < 1.29 is 23.8 Å². The van der Waals surface area contributed by atoms with Crippen molar-refractivity contribution in [2.75, 3.05) is 6.61 Å². The fourth-order valence-electron chi connectivity index (χ4n) is 3.08.